The van der Waals surface area contributed by atoms with Gasteiger partial charge in [0.15, 0.2) is 5.13 Å². The molecule has 3 aromatic rings. The molecule has 0 aliphatic heterocycles. The van der Waals surface area contributed by atoms with Crippen molar-refractivity contribution in [1.82, 2.24) is 9.97 Å². The first-order chi connectivity index (χ1) is 9.72. The summed E-state index contributed by atoms with van der Waals surface area (Å²) >= 11 is 7.64. The molecule has 0 amide bonds. The molecule has 0 aliphatic carbocycles. The third-order valence-corrected chi connectivity index (χ3v) is 3.77. The van der Waals surface area contributed by atoms with Crippen molar-refractivity contribution in [3.05, 3.63) is 53.1 Å². The molecule has 0 radical (unpaired) electrons. The number of rotatable bonds is 3. The Labute approximate surface area is 125 Å². The van der Waals surface area contributed by atoms with Gasteiger partial charge in [0, 0.05) is 29.0 Å². The summed E-state index contributed by atoms with van der Waals surface area (Å²) in [6.45, 7) is 0. The molecule has 3 rings (SSSR count). The van der Waals surface area contributed by atoms with Crippen molar-refractivity contribution in [3.8, 4) is 11.3 Å². The maximum absolute atomic E-state index is 6.13. The molecule has 100 valence electrons. The number of aromatic nitrogens is 2. The Balaban J connectivity index is 1.84. The number of nitrogens with two attached hydrogens (primary N) is 1. The normalized spacial score (nSPS) is 10.4. The molecule has 0 bridgehead atoms. The van der Waals surface area contributed by atoms with Gasteiger partial charge in [-0.05, 0) is 30.3 Å². The zero-order valence-corrected chi connectivity index (χ0v) is 11.9. The number of nitrogens with one attached hydrogen (secondary N) is 1. The molecule has 0 spiro atoms. The molecule has 0 aliphatic rings. The van der Waals surface area contributed by atoms with E-state index in [1.54, 1.807) is 24.5 Å². The fourth-order valence-electron chi connectivity index (χ4n) is 1.73. The molecule has 3 N–H and O–H groups in total. The van der Waals surface area contributed by atoms with Crippen LogP contribution < -0.4 is 11.1 Å². The molecule has 4 nitrogen and oxygen atoms in total. The maximum atomic E-state index is 6.13. The first-order valence-electron chi connectivity index (χ1n) is 5.90. The standard InChI is InChI=1S/C14H11ClN4S/c15-11-6-10(16)3-4-12(11)18-14-19-13(8-20-14)9-2-1-5-17-7-9/h1-8H,16H2,(H,18,19). The highest BCUT2D eigenvalue weighted by Crippen LogP contribution is 2.30. The Hall–Kier alpha value is -2.11. The van der Waals surface area contributed by atoms with Crippen molar-refractivity contribution in [2.24, 2.45) is 0 Å². The molecule has 0 fully saturated rings. The minimum atomic E-state index is 0.572. The molecule has 0 unspecified atom stereocenters. The Morgan fingerprint density at radius 3 is 2.90 bits per heavy atom. The van der Waals surface area contributed by atoms with Gasteiger partial charge in [0.05, 0.1) is 16.4 Å². The lowest BCUT2D eigenvalue weighted by Crippen LogP contribution is -1.92. The van der Waals surface area contributed by atoms with E-state index in [0.29, 0.717) is 10.7 Å². The second kappa shape index (κ2) is 5.48. The number of thiazole rings is 1. The van der Waals surface area contributed by atoms with Gasteiger partial charge >= 0.3 is 0 Å². The molecule has 2 aromatic heterocycles. The molecular weight excluding hydrogens is 292 g/mol. The third kappa shape index (κ3) is 2.74. The smallest absolute Gasteiger partial charge is 0.187 e. The number of nitrogens with zero attached hydrogens (tertiary/aromatic N) is 2. The number of benzene rings is 1. The van der Waals surface area contributed by atoms with E-state index < -0.39 is 0 Å². The van der Waals surface area contributed by atoms with E-state index in [9.17, 15) is 0 Å². The predicted octanol–water partition coefficient (Wildman–Crippen LogP) is 4.18. The molecule has 6 heteroatoms. The van der Waals surface area contributed by atoms with Gasteiger partial charge in [0.25, 0.3) is 0 Å². The number of nitrogen functional groups attached to an aromatic ring is 1. The second-order valence-electron chi connectivity index (χ2n) is 4.14. The van der Waals surface area contributed by atoms with E-state index in [1.807, 2.05) is 23.6 Å². The van der Waals surface area contributed by atoms with Crippen LogP contribution in [0.2, 0.25) is 5.02 Å². The Morgan fingerprint density at radius 2 is 2.15 bits per heavy atom. The SMILES string of the molecule is Nc1ccc(Nc2nc(-c3cccnc3)cs2)c(Cl)c1. The maximum Gasteiger partial charge on any atom is 0.187 e. The lowest BCUT2D eigenvalue weighted by Gasteiger charge is -2.05. The second-order valence-corrected chi connectivity index (χ2v) is 5.41. The summed E-state index contributed by atoms with van der Waals surface area (Å²) in [4.78, 5) is 8.60. The zero-order valence-electron chi connectivity index (χ0n) is 10.4. The predicted molar refractivity (Wildman–Crippen MR) is 84.5 cm³/mol. The van der Waals surface area contributed by atoms with Crippen LogP contribution in [-0.4, -0.2) is 9.97 Å². The van der Waals surface area contributed by atoms with E-state index >= 15 is 0 Å². The van der Waals surface area contributed by atoms with Crippen LogP contribution in [0, 0.1) is 0 Å². The first-order valence-corrected chi connectivity index (χ1v) is 7.16. The van der Waals surface area contributed by atoms with Gasteiger partial charge in [-0.15, -0.1) is 11.3 Å². The largest absolute Gasteiger partial charge is 0.399 e. The van der Waals surface area contributed by atoms with Crippen LogP contribution in [0.15, 0.2) is 48.1 Å². The molecule has 0 saturated carbocycles. The van der Waals surface area contributed by atoms with Crippen LogP contribution in [0.3, 0.4) is 0 Å². The lowest BCUT2D eigenvalue weighted by molar-refractivity contribution is 1.30. The molecule has 20 heavy (non-hydrogen) atoms. The van der Waals surface area contributed by atoms with Gasteiger partial charge < -0.3 is 11.1 Å². The summed E-state index contributed by atoms with van der Waals surface area (Å²) in [6, 6.07) is 9.20. The lowest BCUT2D eigenvalue weighted by atomic mass is 10.2. The summed E-state index contributed by atoms with van der Waals surface area (Å²) in [5, 5.41) is 6.51. The van der Waals surface area contributed by atoms with Crippen molar-refractivity contribution in [2.45, 2.75) is 0 Å². The number of hydrogen-bond acceptors (Lipinski definition) is 5. The van der Waals surface area contributed by atoms with E-state index in [0.717, 1.165) is 22.1 Å². The van der Waals surface area contributed by atoms with Gasteiger partial charge in [0.2, 0.25) is 0 Å². The van der Waals surface area contributed by atoms with Crippen LogP contribution in [0.4, 0.5) is 16.5 Å². The zero-order chi connectivity index (χ0) is 13.9. The minimum Gasteiger partial charge on any atom is -0.399 e. The van der Waals surface area contributed by atoms with Crippen LogP contribution in [-0.2, 0) is 0 Å². The van der Waals surface area contributed by atoms with E-state index in [1.165, 1.54) is 11.3 Å². The number of hydrogen-bond donors (Lipinski definition) is 2. The van der Waals surface area contributed by atoms with Gasteiger partial charge in [-0.2, -0.15) is 0 Å². The quantitative estimate of drug-likeness (QED) is 0.712. The van der Waals surface area contributed by atoms with Crippen LogP contribution in [0.1, 0.15) is 0 Å². The Bertz CT molecular complexity index is 727. The van der Waals surface area contributed by atoms with E-state index in [4.69, 9.17) is 17.3 Å². The van der Waals surface area contributed by atoms with Gasteiger partial charge in [-0.3, -0.25) is 4.98 Å². The summed E-state index contributed by atoms with van der Waals surface area (Å²) in [5.74, 6) is 0. The number of anilines is 3. The molecule has 0 atom stereocenters. The average molecular weight is 303 g/mol. The van der Waals surface area contributed by atoms with Gasteiger partial charge in [0.1, 0.15) is 0 Å². The van der Waals surface area contributed by atoms with Crippen molar-refractivity contribution in [2.75, 3.05) is 11.1 Å². The highest BCUT2D eigenvalue weighted by atomic mass is 35.5. The van der Waals surface area contributed by atoms with Crippen LogP contribution >= 0.6 is 22.9 Å². The van der Waals surface area contributed by atoms with E-state index in [-0.39, 0.29) is 0 Å². The average Bonchev–Trinajstić information content (AvgIpc) is 2.92. The molecular formula is C14H11ClN4S. The Kier molecular flexibility index (Phi) is 3.54. The van der Waals surface area contributed by atoms with E-state index in [2.05, 4.69) is 15.3 Å². The van der Waals surface area contributed by atoms with Crippen molar-refractivity contribution < 1.29 is 0 Å². The number of halogens is 1. The summed E-state index contributed by atoms with van der Waals surface area (Å²) < 4.78 is 0. The summed E-state index contributed by atoms with van der Waals surface area (Å²) in [6.07, 6.45) is 3.53. The molecule has 0 saturated heterocycles. The van der Waals surface area contributed by atoms with Crippen LogP contribution in [0.25, 0.3) is 11.3 Å². The fourth-order valence-corrected chi connectivity index (χ4v) is 2.69. The van der Waals surface area contributed by atoms with Crippen molar-refractivity contribution in [1.29, 1.82) is 0 Å². The Morgan fingerprint density at radius 1 is 1.25 bits per heavy atom. The molecule has 1 aromatic carbocycles. The fraction of sp³-hybridized carbons (Fsp3) is 0. The number of pyridine rings is 1. The van der Waals surface area contributed by atoms with Gasteiger partial charge in [-0.25, -0.2) is 4.98 Å². The summed E-state index contributed by atoms with van der Waals surface area (Å²) in [5.41, 5.74) is 8.96. The monoisotopic (exact) mass is 302 g/mol. The van der Waals surface area contributed by atoms with Crippen LogP contribution in [0.5, 0.6) is 0 Å². The van der Waals surface area contributed by atoms with Crippen molar-refractivity contribution in [3.63, 3.8) is 0 Å². The summed E-state index contributed by atoms with van der Waals surface area (Å²) in [7, 11) is 0. The minimum absolute atomic E-state index is 0.572. The first kappa shape index (κ1) is 12.9. The highest BCUT2D eigenvalue weighted by molar-refractivity contribution is 7.14. The molecule has 2 heterocycles. The topological polar surface area (TPSA) is 63.8 Å². The van der Waals surface area contributed by atoms with Crippen molar-refractivity contribution >= 4 is 39.4 Å². The van der Waals surface area contributed by atoms with Gasteiger partial charge in [-0.1, -0.05) is 11.6 Å². The highest BCUT2D eigenvalue weighted by Gasteiger charge is 2.07. The third-order valence-electron chi connectivity index (χ3n) is 2.70.